The summed E-state index contributed by atoms with van der Waals surface area (Å²) in [6.45, 7) is 21.5. The number of hydrogen-bond acceptors (Lipinski definition) is 2. The van der Waals surface area contributed by atoms with Crippen molar-refractivity contribution in [1.82, 2.24) is 0 Å². The molecule has 142 valence electrons. The summed E-state index contributed by atoms with van der Waals surface area (Å²) >= 11 is 0. The predicted molar refractivity (Wildman–Crippen MR) is 112 cm³/mol. The van der Waals surface area contributed by atoms with E-state index in [0.717, 1.165) is 21.3 Å². The zero-order chi connectivity index (χ0) is 19.8. The van der Waals surface area contributed by atoms with Crippen molar-refractivity contribution in [3.05, 3.63) is 43.5 Å². The first kappa shape index (κ1) is 18.8. The van der Waals surface area contributed by atoms with Crippen LogP contribution in [0.15, 0.2) is 43.5 Å². The third kappa shape index (κ3) is 1.41. The quantitative estimate of drug-likeness (QED) is 0.430. The van der Waals surface area contributed by atoms with Crippen LogP contribution in [0.4, 0.5) is 0 Å². The zero-order valence-electron chi connectivity index (χ0n) is 17.9. The van der Waals surface area contributed by atoms with Crippen molar-refractivity contribution in [2.75, 3.05) is 0 Å². The molecule has 4 aliphatic rings. The van der Waals surface area contributed by atoms with Crippen LogP contribution in [0.2, 0.25) is 0 Å². The van der Waals surface area contributed by atoms with Gasteiger partial charge in [-0.1, -0.05) is 50.0 Å². The van der Waals surface area contributed by atoms with Gasteiger partial charge in [0.2, 0.25) is 0 Å². The maximum absolute atomic E-state index is 14.5. The molecule has 2 nitrogen and oxygen atoms in total. The maximum Gasteiger partial charge on any atom is 0.143 e. The van der Waals surface area contributed by atoms with Crippen molar-refractivity contribution in [2.24, 2.45) is 10.8 Å². The highest BCUT2D eigenvalue weighted by atomic mass is 31.2. The molecule has 0 saturated carbocycles. The number of rotatable bonds is 1. The molecule has 0 spiro atoms. The number of hydrogen-bond donors (Lipinski definition) is 0. The first-order valence-electron chi connectivity index (χ1n) is 9.76. The van der Waals surface area contributed by atoms with Gasteiger partial charge in [-0.15, -0.1) is 0 Å². The van der Waals surface area contributed by atoms with Gasteiger partial charge in [-0.25, -0.2) is 0 Å². The van der Waals surface area contributed by atoms with Gasteiger partial charge in [0.1, 0.15) is 14.3 Å². The summed E-state index contributed by atoms with van der Waals surface area (Å²) in [6.07, 6.45) is 0. The van der Waals surface area contributed by atoms with E-state index in [1.54, 1.807) is 0 Å². The summed E-state index contributed by atoms with van der Waals surface area (Å²) in [5.41, 5.74) is 4.86. The second kappa shape index (κ2) is 4.69. The van der Waals surface area contributed by atoms with Gasteiger partial charge < -0.3 is 9.13 Å². The van der Waals surface area contributed by atoms with Crippen molar-refractivity contribution < 1.29 is 9.13 Å². The molecule has 0 aromatic rings. The molecule has 4 heterocycles. The molecule has 0 N–H and O–H groups in total. The summed E-state index contributed by atoms with van der Waals surface area (Å²) < 4.78 is 29.0. The summed E-state index contributed by atoms with van der Waals surface area (Å²) in [4.78, 5) is 0. The normalized spacial score (nSPS) is 50.2. The molecule has 4 heteroatoms. The Labute approximate surface area is 158 Å². The SMILES string of the molecule is CC1=C(C)P2(=O)C(C3=C(C)[C@@]4(C)C(C)=C(C)P3(=O)C4C)=C(C)[C@]1(C)C2C. The second-order valence-electron chi connectivity index (χ2n) is 9.44. The molecule has 0 radical (unpaired) electrons. The lowest BCUT2D eigenvalue weighted by molar-refractivity contribution is 0.477. The fourth-order valence-corrected chi connectivity index (χ4v) is 16.4. The largest absolute Gasteiger partial charge is 0.314 e. The highest BCUT2D eigenvalue weighted by Gasteiger charge is 2.68. The van der Waals surface area contributed by atoms with E-state index in [1.165, 1.54) is 22.3 Å². The number of allylic oxidation sites excluding steroid dienone is 8. The first-order valence-corrected chi connectivity index (χ1v) is 13.3. The lowest BCUT2D eigenvalue weighted by Crippen LogP contribution is -2.24. The molecule has 6 atom stereocenters. The lowest BCUT2D eigenvalue weighted by atomic mass is 9.72. The molecule has 4 bridgehead atoms. The molecule has 4 aliphatic heterocycles. The molecule has 0 aromatic heterocycles. The Morgan fingerprint density at radius 2 is 0.885 bits per heavy atom. The van der Waals surface area contributed by atoms with Crippen LogP contribution in [0.1, 0.15) is 69.2 Å². The Morgan fingerprint density at radius 3 is 1.12 bits per heavy atom. The van der Waals surface area contributed by atoms with Crippen LogP contribution >= 0.6 is 14.3 Å². The standard InChI is InChI=1S/C22H32O2P2/c1-11-15(5)25(23)17(7)21(11,9)13(3)19(25)20-14(4)22(10)12(2)16(6)26(20,24)18(22)8/h17-18H,1-10H3/t17?,18?,21-,22-,25?,26?/m1/s1. The summed E-state index contributed by atoms with van der Waals surface area (Å²) in [6, 6.07) is 0. The maximum atomic E-state index is 14.5. The van der Waals surface area contributed by atoms with Crippen LogP contribution in [-0.4, -0.2) is 11.3 Å². The van der Waals surface area contributed by atoms with E-state index in [1.807, 2.05) is 0 Å². The Morgan fingerprint density at radius 1 is 0.615 bits per heavy atom. The van der Waals surface area contributed by atoms with Crippen molar-refractivity contribution in [3.8, 4) is 0 Å². The van der Waals surface area contributed by atoms with Gasteiger partial charge in [0.05, 0.1) is 0 Å². The van der Waals surface area contributed by atoms with Gasteiger partial charge in [-0.05, 0) is 52.2 Å². The highest BCUT2D eigenvalue weighted by Crippen LogP contribution is 2.91. The Bertz CT molecular complexity index is 937. The summed E-state index contributed by atoms with van der Waals surface area (Å²) in [5, 5.41) is 4.14. The van der Waals surface area contributed by atoms with E-state index in [0.29, 0.717) is 0 Å². The summed E-state index contributed by atoms with van der Waals surface area (Å²) in [5.74, 6) is 0. The van der Waals surface area contributed by atoms with Gasteiger partial charge in [0, 0.05) is 32.8 Å². The first-order chi connectivity index (χ1) is 11.7. The molecule has 0 aliphatic carbocycles. The van der Waals surface area contributed by atoms with E-state index in [2.05, 4.69) is 69.2 Å². The predicted octanol–water partition coefficient (Wildman–Crippen LogP) is 7.69. The van der Waals surface area contributed by atoms with Gasteiger partial charge in [-0.2, -0.15) is 0 Å². The van der Waals surface area contributed by atoms with E-state index >= 15 is 0 Å². The van der Waals surface area contributed by atoms with E-state index in [9.17, 15) is 9.13 Å². The Kier molecular flexibility index (Phi) is 3.39. The molecular weight excluding hydrogens is 358 g/mol. The van der Waals surface area contributed by atoms with Crippen LogP contribution in [0.5, 0.6) is 0 Å². The molecule has 4 rings (SSSR count). The minimum Gasteiger partial charge on any atom is -0.314 e. The minimum atomic E-state index is -2.70. The molecule has 0 saturated heterocycles. The van der Waals surface area contributed by atoms with Gasteiger partial charge >= 0.3 is 0 Å². The fourth-order valence-electron chi connectivity index (χ4n) is 6.76. The number of fused-ring (bicyclic) bond motifs is 4. The highest BCUT2D eigenvalue weighted by molar-refractivity contribution is 7.79. The van der Waals surface area contributed by atoms with E-state index in [4.69, 9.17) is 0 Å². The van der Waals surface area contributed by atoms with E-state index < -0.39 is 14.3 Å². The van der Waals surface area contributed by atoms with Crippen LogP contribution in [0.3, 0.4) is 0 Å². The van der Waals surface area contributed by atoms with Crippen molar-refractivity contribution in [3.63, 3.8) is 0 Å². The third-order valence-corrected chi connectivity index (χ3v) is 18.1. The van der Waals surface area contributed by atoms with Gasteiger partial charge in [-0.3, -0.25) is 0 Å². The lowest BCUT2D eigenvalue weighted by Gasteiger charge is -2.32. The van der Waals surface area contributed by atoms with Crippen LogP contribution in [0, 0.1) is 10.8 Å². The molecule has 26 heavy (non-hydrogen) atoms. The average molecular weight is 390 g/mol. The van der Waals surface area contributed by atoms with Gasteiger partial charge in [0.25, 0.3) is 0 Å². The van der Waals surface area contributed by atoms with Crippen molar-refractivity contribution in [1.29, 1.82) is 0 Å². The van der Waals surface area contributed by atoms with Gasteiger partial charge in [0.15, 0.2) is 0 Å². The molecular formula is C22H32O2P2. The minimum absolute atomic E-state index is 0.0886. The van der Waals surface area contributed by atoms with Crippen LogP contribution in [-0.2, 0) is 9.13 Å². The smallest absolute Gasteiger partial charge is 0.143 e. The zero-order valence-corrected chi connectivity index (χ0v) is 19.7. The second-order valence-corrected chi connectivity index (χ2v) is 15.9. The van der Waals surface area contributed by atoms with Crippen molar-refractivity contribution in [2.45, 2.75) is 80.6 Å². The Balaban J connectivity index is 2.09. The van der Waals surface area contributed by atoms with Crippen LogP contribution < -0.4 is 0 Å². The monoisotopic (exact) mass is 390 g/mol. The third-order valence-electron chi connectivity index (χ3n) is 9.56. The van der Waals surface area contributed by atoms with Crippen LogP contribution in [0.25, 0.3) is 0 Å². The molecule has 4 unspecified atom stereocenters. The molecule has 0 aromatic carbocycles. The molecule has 0 fully saturated rings. The summed E-state index contributed by atoms with van der Waals surface area (Å²) in [7, 11) is -5.40. The molecule has 0 amide bonds. The Hall–Kier alpha value is -0.580. The topological polar surface area (TPSA) is 34.1 Å². The van der Waals surface area contributed by atoms with Crippen molar-refractivity contribution >= 4 is 14.3 Å². The average Bonchev–Trinajstić information content (AvgIpc) is 2.97. The fraction of sp³-hybridized carbons (Fsp3) is 0.636. The van der Waals surface area contributed by atoms with E-state index in [-0.39, 0.29) is 22.1 Å².